The number of likely N-dealkylation sites (N-methyl/N-ethyl adjacent to an activating group) is 1. The topological polar surface area (TPSA) is 91.4 Å². The number of sulfonamides is 1. The van der Waals surface area contributed by atoms with E-state index in [-0.39, 0.29) is 28.9 Å². The number of carbonyl (C=O) groups excluding carboxylic acids is 1. The van der Waals surface area contributed by atoms with E-state index in [1.807, 2.05) is 24.3 Å². The number of amides is 1. The molecule has 0 bridgehead atoms. The van der Waals surface area contributed by atoms with Crippen molar-refractivity contribution in [2.24, 2.45) is 0 Å². The Hall–Kier alpha value is -3.35. The molecule has 0 saturated carbocycles. The number of benzene rings is 3. The van der Waals surface area contributed by atoms with E-state index in [1.54, 1.807) is 40.9 Å². The number of thiophene rings is 1. The van der Waals surface area contributed by atoms with Gasteiger partial charge in [-0.2, -0.15) is 0 Å². The normalized spacial score (nSPS) is 13.4. The molecule has 3 heterocycles. The highest BCUT2D eigenvalue weighted by Crippen LogP contribution is 2.45. The molecule has 0 unspecified atom stereocenters. The quantitative estimate of drug-likeness (QED) is 0.202. The summed E-state index contributed by atoms with van der Waals surface area (Å²) in [6, 6.07) is 18.8. The van der Waals surface area contributed by atoms with E-state index in [0.29, 0.717) is 5.56 Å². The summed E-state index contributed by atoms with van der Waals surface area (Å²) < 4.78 is 42.4. The maximum atomic E-state index is 13.5. The van der Waals surface area contributed by atoms with Gasteiger partial charge >= 0.3 is 0 Å². The number of nitrogens with zero attached hydrogens (tertiary/aromatic N) is 2. The van der Waals surface area contributed by atoms with E-state index in [1.165, 1.54) is 28.6 Å². The van der Waals surface area contributed by atoms with Gasteiger partial charge in [-0.05, 0) is 73.1 Å². The van der Waals surface area contributed by atoms with Gasteiger partial charge in [0.05, 0.1) is 15.1 Å². The standard InChI is InChI=1S/C29H25FN4O3S3.ClH/c1-2-34-15-14-22-25(17-34)39-29(26(22)28-31-23-8-3-4-9-24(23)38-28)32-27(35)18-6-5-7-20(16-18)33-40(36,37)21-12-10-19(30)11-13-21;/h3-13,16,33H,2,14-15,17H2,1H3,(H,32,35);1H. The minimum absolute atomic E-state index is 0. The number of carbonyl (C=O) groups is 1. The van der Waals surface area contributed by atoms with Crippen molar-refractivity contribution in [1.82, 2.24) is 9.88 Å². The van der Waals surface area contributed by atoms with Gasteiger partial charge in [-0.3, -0.25) is 14.4 Å². The van der Waals surface area contributed by atoms with Crippen molar-refractivity contribution in [3.05, 3.63) is 94.6 Å². The molecule has 212 valence electrons. The molecule has 0 radical (unpaired) electrons. The third-order valence-electron chi connectivity index (χ3n) is 6.82. The van der Waals surface area contributed by atoms with Gasteiger partial charge in [0.1, 0.15) is 15.8 Å². The fourth-order valence-electron chi connectivity index (χ4n) is 4.75. The Kier molecular flexibility index (Phi) is 8.44. The van der Waals surface area contributed by atoms with Crippen molar-refractivity contribution in [3.8, 4) is 10.6 Å². The van der Waals surface area contributed by atoms with Crippen molar-refractivity contribution < 1.29 is 17.6 Å². The first-order valence-corrected chi connectivity index (χ1v) is 15.8. The number of hydrogen-bond acceptors (Lipinski definition) is 7. The summed E-state index contributed by atoms with van der Waals surface area (Å²) in [5.74, 6) is -0.878. The molecule has 41 heavy (non-hydrogen) atoms. The van der Waals surface area contributed by atoms with Crippen molar-refractivity contribution in [2.45, 2.75) is 24.8 Å². The fraction of sp³-hybridized carbons (Fsp3) is 0.172. The molecule has 1 amide bonds. The van der Waals surface area contributed by atoms with Crippen LogP contribution in [0, 0.1) is 5.82 Å². The summed E-state index contributed by atoms with van der Waals surface area (Å²) >= 11 is 3.18. The van der Waals surface area contributed by atoms with Crippen LogP contribution in [0.5, 0.6) is 0 Å². The second kappa shape index (κ2) is 11.9. The van der Waals surface area contributed by atoms with Crippen molar-refractivity contribution >= 4 is 71.9 Å². The van der Waals surface area contributed by atoms with Gasteiger partial charge in [0.2, 0.25) is 0 Å². The highest BCUT2D eigenvalue weighted by Gasteiger charge is 2.27. The molecule has 0 spiro atoms. The van der Waals surface area contributed by atoms with Gasteiger partial charge in [-0.1, -0.05) is 25.1 Å². The van der Waals surface area contributed by atoms with Crippen molar-refractivity contribution in [2.75, 3.05) is 23.1 Å². The molecule has 2 N–H and O–H groups in total. The Morgan fingerprint density at radius 1 is 1.05 bits per heavy atom. The predicted octanol–water partition coefficient (Wildman–Crippen LogP) is 7.02. The number of halogens is 2. The van der Waals surface area contributed by atoms with Gasteiger partial charge < -0.3 is 5.32 Å². The van der Waals surface area contributed by atoms with Crippen LogP contribution >= 0.6 is 35.1 Å². The molecule has 0 fully saturated rings. The fourth-order valence-corrected chi connectivity index (χ4v) is 8.19. The number of nitrogens with one attached hydrogen (secondary N) is 2. The lowest BCUT2D eigenvalue weighted by Gasteiger charge is -2.25. The first kappa shape index (κ1) is 29.2. The Bertz CT molecular complexity index is 1800. The summed E-state index contributed by atoms with van der Waals surface area (Å²) in [6.07, 6.45) is 0.876. The van der Waals surface area contributed by atoms with E-state index < -0.39 is 15.8 Å². The summed E-state index contributed by atoms with van der Waals surface area (Å²) in [7, 11) is -3.95. The van der Waals surface area contributed by atoms with Crippen LogP contribution in [-0.4, -0.2) is 37.3 Å². The molecule has 3 aromatic carbocycles. The number of hydrogen-bond donors (Lipinski definition) is 2. The average Bonchev–Trinajstić information content (AvgIpc) is 3.53. The Morgan fingerprint density at radius 3 is 2.59 bits per heavy atom. The molecule has 0 saturated heterocycles. The first-order chi connectivity index (χ1) is 19.3. The Labute approximate surface area is 251 Å². The largest absolute Gasteiger partial charge is 0.313 e. The van der Waals surface area contributed by atoms with Crippen LogP contribution in [0.2, 0.25) is 0 Å². The van der Waals surface area contributed by atoms with E-state index in [4.69, 9.17) is 4.98 Å². The summed E-state index contributed by atoms with van der Waals surface area (Å²) in [6.45, 7) is 4.87. The molecule has 7 nitrogen and oxygen atoms in total. The third-order valence-corrected chi connectivity index (χ3v) is 10.4. The molecule has 6 rings (SSSR count). The molecule has 0 atom stereocenters. The van der Waals surface area contributed by atoms with E-state index >= 15 is 0 Å². The molecule has 0 aliphatic carbocycles. The number of aromatic nitrogens is 1. The number of fused-ring (bicyclic) bond motifs is 2. The van der Waals surface area contributed by atoms with E-state index in [9.17, 15) is 17.6 Å². The highest BCUT2D eigenvalue weighted by atomic mass is 35.5. The zero-order valence-corrected chi connectivity index (χ0v) is 25.2. The first-order valence-electron chi connectivity index (χ1n) is 12.7. The molecular formula is C29H26ClFN4O3S3. The number of anilines is 2. The molecule has 5 aromatic rings. The van der Waals surface area contributed by atoms with E-state index in [0.717, 1.165) is 64.0 Å². The maximum Gasteiger partial charge on any atom is 0.261 e. The van der Waals surface area contributed by atoms with Crippen LogP contribution in [0.3, 0.4) is 0 Å². The molecule has 1 aliphatic heterocycles. The SMILES string of the molecule is CCN1CCc2c(sc(NC(=O)c3cccc(NS(=O)(=O)c4ccc(F)cc4)c3)c2-c2nc3ccccc3s2)C1.Cl. The van der Waals surface area contributed by atoms with Crippen molar-refractivity contribution in [3.63, 3.8) is 0 Å². The second-order valence-electron chi connectivity index (χ2n) is 9.41. The van der Waals surface area contributed by atoms with Crippen LogP contribution in [0.1, 0.15) is 27.7 Å². The zero-order chi connectivity index (χ0) is 27.9. The third kappa shape index (κ3) is 6.00. The molecule has 2 aromatic heterocycles. The molecular weight excluding hydrogens is 603 g/mol. The molecule has 12 heteroatoms. The lowest BCUT2D eigenvalue weighted by atomic mass is 10.0. The van der Waals surface area contributed by atoms with Crippen LogP contribution in [-0.2, 0) is 23.0 Å². The summed E-state index contributed by atoms with van der Waals surface area (Å²) in [5.41, 5.74) is 3.65. The molecule has 1 aliphatic rings. The smallest absolute Gasteiger partial charge is 0.261 e. The minimum atomic E-state index is -3.95. The van der Waals surface area contributed by atoms with Crippen LogP contribution in [0.4, 0.5) is 15.1 Å². The van der Waals surface area contributed by atoms with Crippen LogP contribution in [0.25, 0.3) is 20.8 Å². The van der Waals surface area contributed by atoms with Crippen molar-refractivity contribution in [1.29, 1.82) is 0 Å². The van der Waals surface area contributed by atoms with Gasteiger partial charge in [0, 0.05) is 34.8 Å². The van der Waals surface area contributed by atoms with E-state index in [2.05, 4.69) is 21.9 Å². The Balaban J connectivity index is 0.00000337. The van der Waals surface area contributed by atoms with Gasteiger partial charge in [-0.25, -0.2) is 17.8 Å². The number of para-hydroxylation sites is 1. The summed E-state index contributed by atoms with van der Waals surface area (Å²) in [5, 5.41) is 4.71. The van der Waals surface area contributed by atoms with Crippen LogP contribution in [0.15, 0.2) is 77.7 Å². The summed E-state index contributed by atoms with van der Waals surface area (Å²) in [4.78, 5) is 21.9. The second-order valence-corrected chi connectivity index (χ2v) is 13.2. The predicted molar refractivity (Wildman–Crippen MR) is 166 cm³/mol. The number of rotatable bonds is 7. The highest BCUT2D eigenvalue weighted by molar-refractivity contribution is 7.92. The Morgan fingerprint density at radius 2 is 1.83 bits per heavy atom. The number of thiazole rings is 1. The lowest BCUT2D eigenvalue weighted by molar-refractivity contribution is 0.102. The van der Waals surface area contributed by atoms with Gasteiger partial charge in [-0.15, -0.1) is 35.1 Å². The van der Waals surface area contributed by atoms with Gasteiger partial charge in [0.15, 0.2) is 0 Å². The minimum Gasteiger partial charge on any atom is -0.313 e. The van der Waals surface area contributed by atoms with Gasteiger partial charge in [0.25, 0.3) is 15.9 Å². The maximum absolute atomic E-state index is 13.5. The van der Waals surface area contributed by atoms with Crippen LogP contribution < -0.4 is 10.0 Å². The lowest BCUT2D eigenvalue weighted by Crippen LogP contribution is -2.29. The monoisotopic (exact) mass is 628 g/mol. The zero-order valence-electron chi connectivity index (χ0n) is 21.9. The average molecular weight is 629 g/mol.